The van der Waals surface area contributed by atoms with Gasteiger partial charge in [0.1, 0.15) is 5.75 Å². The van der Waals surface area contributed by atoms with Gasteiger partial charge in [0.25, 0.3) is 0 Å². The van der Waals surface area contributed by atoms with E-state index in [-0.39, 0.29) is 5.54 Å². The first-order valence-electron chi connectivity index (χ1n) is 6.16. The van der Waals surface area contributed by atoms with Gasteiger partial charge in [0, 0.05) is 29.9 Å². The van der Waals surface area contributed by atoms with Crippen LogP contribution in [0.1, 0.15) is 20.3 Å². The molecule has 0 amide bonds. The van der Waals surface area contributed by atoms with Crippen LogP contribution in [0.4, 0.5) is 5.69 Å². The maximum absolute atomic E-state index is 5.29. The van der Waals surface area contributed by atoms with Crippen LogP contribution in [0.3, 0.4) is 0 Å². The number of anilines is 1. The van der Waals surface area contributed by atoms with Gasteiger partial charge in [-0.2, -0.15) is 0 Å². The van der Waals surface area contributed by atoms with Gasteiger partial charge in [-0.05, 0) is 39.4 Å². The maximum Gasteiger partial charge on any atom is 0.120 e. The molecule has 0 spiro atoms. The van der Waals surface area contributed by atoms with Crippen LogP contribution in [0.2, 0.25) is 0 Å². The first-order chi connectivity index (χ1) is 8.06. The minimum absolute atomic E-state index is 0.194. The molecule has 1 aliphatic heterocycles. The number of hydrogen-bond acceptors (Lipinski definition) is 3. The van der Waals surface area contributed by atoms with Gasteiger partial charge in [0.2, 0.25) is 0 Å². The Hall–Kier alpha value is -1.22. The number of rotatable bonds is 3. The average molecular weight is 234 g/mol. The molecule has 17 heavy (non-hydrogen) atoms. The summed E-state index contributed by atoms with van der Waals surface area (Å²) in [5.74, 6) is 0.922. The molecule has 0 saturated carbocycles. The molecule has 0 aromatic heterocycles. The summed E-state index contributed by atoms with van der Waals surface area (Å²) in [5, 5.41) is 3.37. The summed E-state index contributed by atoms with van der Waals surface area (Å²) in [6, 6.07) is 8.87. The van der Waals surface area contributed by atoms with Gasteiger partial charge in [-0.25, -0.2) is 0 Å². The highest BCUT2D eigenvalue weighted by Gasteiger charge is 2.37. The molecule has 1 saturated heterocycles. The smallest absolute Gasteiger partial charge is 0.120 e. The van der Waals surface area contributed by atoms with Gasteiger partial charge in [-0.15, -0.1) is 0 Å². The lowest BCUT2D eigenvalue weighted by Gasteiger charge is -2.33. The highest BCUT2D eigenvalue weighted by molar-refractivity contribution is 5.54. The number of nitrogens with one attached hydrogen (secondary N) is 1. The Bertz CT molecular complexity index is 390. The molecule has 1 aromatic carbocycles. The van der Waals surface area contributed by atoms with Crippen molar-refractivity contribution >= 4 is 5.69 Å². The Morgan fingerprint density at radius 1 is 1.41 bits per heavy atom. The molecular formula is C14H22N2O. The van der Waals surface area contributed by atoms with E-state index in [9.17, 15) is 0 Å². The summed E-state index contributed by atoms with van der Waals surface area (Å²) in [4.78, 5) is 2.46. The third kappa shape index (κ3) is 2.39. The lowest BCUT2D eigenvalue weighted by molar-refractivity contribution is 0.414. The summed E-state index contributed by atoms with van der Waals surface area (Å²) < 4.78 is 5.29. The van der Waals surface area contributed by atoms with Crippen molar-refractivity contribution in [3.63, 3.8) is 0 Å². The van der Waals surface area contributed by atoms with Crippen molar-refractivity contribution in [1.82, 2.24) is 5.32 Å². The second-order valence-electron chi connectivity index (χ2n) is 5.31. The van der Waals surface area contributed by atoms with Gasteiger partial charge in [-0.3, -0.25) is 0 Å². The maximum atomic E-state index is 5.29. The van der Waals surface area contributed by atoms with E-state index in [2.05, 4.69) is 42.3 Å². The standard InChI is InChI=1S/C14H22N2O/c1-14(2)9-11(15-3)10-16(14)12-6-5-7-13(8-12)17-4/h5-8,11,15H,9-10H2,1-4H3. The average Bonchev–Trinajstić information content (AvgIpc) is 2.64. The molecule has 3 heteroatoms. The van der Waals surface area contributed by atoms with Gasteiger partial charge in [-0.1, -0.05) is 6.07 Å². The van der Waals surface area contributed by atoms with Gasteiger partial charge < -0.3 is 15.0 Å². The van der Waals surface area contributed by atoms with E-state index in [1.807, 2.05) is 13.1 Å². The van der Waals surface area contributed by atoms with Crippen LogP contribution in [0, 0.1) is 0 Å². The van der Waals surface area contributed by atoms with Gasteiger partial charge >= 0.3 is 0 Å². The Kier molecular flexibility index (Phi) is 3.29. The fraction of sp³-hybridized carbons (Fsp3) is 0.571. The van der Waals surface area contributed by atoms with Crippen LogP contribution in [-0.2, 0) is 0 Å². The SMILES string of the molecule is CNC1CN(c2cccc(OC)c2)C(C)(C)C1. The first kappa shape index (κ1) is 12.2. The van der Waals surface area contributed by atoms with Crippen LogP contribution >= 0.6 is 0 Å². The molecule has 1 N–H and O–H groups in total. The molecule has 1 unspecified atom stereocenters. The largest absolute Gasteiger partial charge is 0.497 e. The van der Waals surface area contributed by atoms with Crippen molar-refractivity contribution in [1.29, 1.82) is 0 Å². The van der Waals surface area contributed by atoms with Crippen molar-refractivity contribution in [2.45, 2.75) is 31.8 Å². The number of hydrogen-bond donors (Lipinski definition) is 1. The number of nitrogens with zero attached hydrogens (tertiary/aromatic N) is 1. The molecule has 1 aliphatic rings. The number of benzene rings is 1. The quantitative estimate of drug-likeness (QED) is 0.868. The van der Waals surface area contributed by atoms with Crippen molar-refractivity contribution in [2.24, 2.45) is 0 Å². The lowest BCUT2D eigenvalue weighted by Crippen LogP contribution is -2.38. The van der Waals surface area contributed by atoms with Crippen LogP contribution < -0.4 is 15.0 Å². The topological polar surface area (TPSA) is 24.5 Å². The molecule has 1 fully saturated rings. The summed E-state index contributed by atoms with van der Waals surface area (Å²) >= 11 is 0. The zero-order chi connectivity index (χ0) is 12.5. The van der Waals surface area contributed by atoms with Crippen molar-refractivity contribution < 1.29 is 4.74 Å². The molecule has 94 valence electrons. The molecule has 0 aliphatic carbocycles. The fourth-order valence-corrected chi connectivity index (χ4v) is 2.67. The van der Waals surface area contributed by atoms with Crippen molar-refractivity contribution in [3.05, 3.63) is 24.3 Å². The third-order valence-corrected chi connectivity index (χ3v) is 3.65. The zero-order valence-corrected chi connectivity index (χ0v) is 11.2. The second-order valence-corrected chi connectivity index (χ2v) is 5.31. The van der Waals surface area contributed by atoms with E-state index < -0.39 is 0 Å². The van der Waals surface area contributed by atoms with E-state index in [1.54, 1.807) is 7.11 Å². The van der Waals surface area contributed by atoms with Crippen LogP contribution in [0.25, 0.3) is 0 Å². The molecule has 0 bridgehead atoms. The van der Waals surface area contributed by atoms with Gasteiger partial charge in [0.15, 0.2) is 0 Å². The van der Waals surface area contributed by atoms with Crippen molar-refractivity contribution in [3.8, 4) is 5.75 Å². The van der Waals surface area contributed by atoms with E-state index >= 15 is 0 Å². The number of likely N-dealkylation sites (N-methyl/N-ethyl adjacent to an activating group) is 1. The Balaban J connectivity index is 2.26. The summed E-state index contributed by atoms with van der Waals surface area (Å²) in [5.41, 5.74) is 1.44. The summed E-state index contributed by atoms with van der Waals surface area (Å²) in [7, 11) is 3.75. The molecule has 3 nitrogen and oxygen atoms in total. The Morgan fingerprint density at radius 2 is 2.18 bits per heavy atom. The predicted octanol–water partition coefficient (Wildman–Crippen LogP) is 2.27. The molecule has 0 radical (unpaired) electrons. The number of ether oxygens (including phenoxy) is 1. The van der Waals surface area contributed by atoms with Gasteiger partial charge in [0.05, 0.1) is 7.11 Å². The number of methoxy groups -OCH3 is 1. The van der Waals surface area contributed by atoms with Crippen LogP contribution in [0.15, 0.2) is 24.3 Å². The molecule has 1 heterocycles. The zero-order valence-electron chi connectivity index (χ0n) is 11.2. The second kappa shape index (κ2) is 4.57. The fourth-order valence-electron chi connectivity index (χ4n) is 2.67. The first-order valence-corrected chi connectivity index (χ1v) is 6.16. The summed E-state index contributed by atoms with van der Waals surface area (Å²) in [6.45, 7) is 5.64. The van der Waals surface area contributed by atoms with E-state index in [1.165, 1.54) is 12.1 Å². The van der Waals surface area contributed by atoms with Crippen LogP contribution in [-0.4, -0.2) is 32.3 Å². The third-order valence-electron chi connectivity index (χ3n) is 3.65. The molecule has 1 aromatic rings. The summed E-state index contributed by atoms with van der Waals surface area (Å²) in [6.07, 6.45) is 1.17. The predicted molar refractivity (Wildman–Crippen MR) is 71.9 cm³/mol. The van der Waals surface area contributed by atoms with Crippen molar-refractivity contribution in [2.75, 3.05) is 25.6 Å². The molecule has 1 atom stereocenters. The van der Waals surface area contributed by atoms with E-state index in [4.69, 9.17) is 4.74 Å². The minimum Gasteiger partial charge on any atom is -0.497 e. The Labute approximate surface area is 104 Å². The monoisotopic (exact) mass is 234 g/mol. The minimum atomic E-state index is 0.194. The van der Waals surface area contributed by atoms with Crippen LogP contribution in [0.5, 0.6) is 5.75 Å². The highest BCUT2D eigenvalue weighted by Crippen LogP contribution is 2.34. The molecular weight excluding hydrogens is 212 g/mol. The molecule has 2 rings (SSSR count). The highest BCUT2D eigenvalue weighted by atomic mass is 16.5. The lowest BCUT2D eigenvalue weighted by atomic mass is 10.00. The van der Waals surface area contributed by atoms with E-state index in [0.717, 1.165) is 12.3 Å². The normalized spacial score (nSPS) is 22.8. The van der Waals surface area contributed by atoms with E-state index in [0.29, 0.717) is 6.04 Å². The Morgan fingerprint density at radius 3 is 2.76 bits per heavy atom.